The molecule has 0 saturated heterocycles. The van der Waals surface area contributed by atoms with E-state index in [1.807, 2.05) is 7.05 Å². The molecule has 1 rings (SSSR count). The Morgan fingerprint density at radius 1 is 1.40 bits per heavy atom. The van der Waals surface area contributed by atoms with E-state index in [4.69, 9.17) is 0 Å². The van der Waals surface area contributed by atoms with Gasteiger partial charge < -0.3 is 10.2 Å². The molecule has 2 nitrogen and oxygen atoms in total. The molecule has 0 bridgehead atoms. The van der Waals surface area contributed by atoms with Crippen LogP contribution in [0.15, 0.2) is 24.3 Å². The van der Waals surface area contributed by atoms with Crippen molar-refractivity contribution in [1.82, 2.24) is 10.2 Å². The highest BCUT2D eigenvalue weighted by Crippen LogP contribution is 2.06. The summed E-state index contributed by atoms with van der Waals surface area (Å²) in [5.41, 5.74) is 2.73. The first-order valence-corrected chi connectivity index (χ1v) is 5.53. The normalized spacial score (nSPS) is 13.1. The molecule has 1 N–H and O–H groups in total. The van der Waals surface area contributed by atoms with E-state index in [0.29, 0.717) is 6.04 Å². The topological polar surface area (TPSA) is 15.3 Å². The van der Waals surface area contributed by atoms with Crippen LogP contribution in [-0.2, 0) is 6.54 Å². The minimum atomic E-state index is 0.541. The molecule has 0 radical (unpaired) electrons. The van der Waals surface area contributed by atoms with E-state index in [1.54, 1.807) is 0 Å². The number of rotatable bonds is 5. The van der Waals surface area contributed by atoms with Crippen molar-refractivity contribution in [3.8, 4) is 0 Å². The fourth-order valence-corrected chi connectivity index (χ4v) is 1.75. The number of hydrogen-bond acceptors (Lipinski definition) is 2. The van der Waals surface area contributed by atoms with Crippen LogP contribution in [0.5, 0.6) is 0 Å². The third-order valence-corrected chi connectivity index (χ3v) is 2.61. The zero-order chi connectivity index (χ0) is 11.3. The summed E-state index contributed by atoms with van der Waals surface area (Å²) in [4.78, 5) is 2.34. The van der Waals surface area contributed by atoms with Crippen molar-refractivity contribution in [3.05, 3.63) is 35.4 Å². The summed E-state index contributed by atoms with van der Waals surface area (Å²) < 4.78 is 0. The lowest BCUT2D eigenvalue weighted by Crippen LogP contribution is -2.34. The van der Waals surface area contributed by atoms with Crippen molar-refractivity contribution in [1.29, 1.82) is 0 Å². The van der Waals surface area contributed by atoms with Crippen LogP contribution in [0.25, 0.3) is 0 Å². The van der Waals surface area contributed by atoms with E-state index in [-0.39, 0.29) is 0 Å². The van der Waals surface area contributed by atoms with Gasteiger partial charge in [0.25, 0.3) is 0 Å². The van der Waals surface area contributed by atoms with Gasteiger partial charge in [0.05, 0.1) is 0 Å². The van der Waals surface area contributed by atoms with Crippen molar-refractivity contribution >= 4 is 0 Å². The maximum Gasteiger partial charge on any atom is 0.0231 e. The Bertz CT molecular complexity index is 296. The van der Waals surface area contributed by atoms with Gasteiger partial charge in [0.15, 0.2) is 0 Å². The fraction of sp³-hybridized carbons (Fsp3) is 0.538. The average Bonchev–Trinajstić information content (AvgIpc) is 2.17. The highest BCUT2D eigenvalue weighted by Gasteiger charge is 2.04. The van der Waals surface area contributed by atoms with Gasteiger partial charge in [-0.05, 0) is 33.5 Å². The first kappa shape index (κ1) is 12.2. The molecule has 0 aliphatic heterocycles. The lowest BCUT2D eigenvalue weighted by Gasteiger charge is -2.21. The lowest BCUT2D eigenvalue weighted by atomic mass is 10.1. The largest absolute Gasteiger partial charge is 0.316 e. The van der Waals surface area contributed by atoms with E-state index in [2.05, 4.69) is 55.4 Å². The summed E-state index contributed by atoms with van der Waals surface area (Å²) in [6, 6.07) is 9.24. The van der Waals surface area contributed by atoms with Crippen LogP contribution in [0.4, 0.5) is 0 Å². The predicted octanol–water partition coefficient (Wildman–Crippen LogP) is 2.03. The van der Waals surface area contributed by atoms with E-state index in [1.165, 1.54) is 11.1 Å². The maximum absolute atomic E-state index is 3.25. The smallest absolute Gasteiger partial charge is 0.0231 e. The second kappa shape index (κ2) is 5.89. The molecular weight excluding hydrogens is 184 g/mol. The lowest BCUT2D eigenvalue weighted by molar-refractivity contribution is 0.295. The highest BCUT2D eigenvalue weighted by atomic mass is 15.1. The summed E-state index contributed by atoms with van der Waals surface area (Å²) in [5.74, 6) is 0. The van der Waals surface area contributed by atoms with Crippen LogP contribution in [0.3, 0.4) is 0 Å². The zero-order valence-electron chi connectivity index (χ0n) is 10.2. The summed E-state index contributed by atoms with van der Waals surface area (Å²) >= 11 is 0. The third kappa shape index (κ3) is 4.45. The Morgan fingerprint density at radius 3 is 2.73 bits per heavy atom. The van der Waals surface area contributed by atoms with Crippen molar-refractivity contribution < 1.29 is 0 Å². The van der Waals surface area contributed by atoms with Gasteiger partial charge in [0.1, 0.15) is 0 Å². The van der Waals surface area contributed by atoms with Gasteiger partial charge in [-0.25, -0.2) is 0 Å². The number of hydrogen-bond donors (Lipinski definition) is 1. The summed E-state index contributed by atoms with van der Waals surface area (Å²) in [6.07, 6.45) is 0. The van der Waals surface area contributed by atoms with Crippen molar-refractivity contribution in [3.63, 3.8) is 0 Å². The third-order valence-electron chi connectivity index (χ3n) is 2.61. The average molecular weight is 206 g/mol. The molecule has 0 spiro atoms. The molecule has 84 valence electrons. The minimum Gasteiger partial charge on any atom is -0.316 e. The second-order valence-electron chi connectivity index (χ2n) is 4.38. The van der Waals surface area contributed by atoms with Crippen LogP contribution in [0.1, 0.15) is 18.1 Å². The SMILES string of the molecule is CNC(C)CN(C)Cc1cccc(C)c1. The van der Waals surface area contributed by atoms with Crippen LogP contribution < -0.4 is 5.32 Å². The molecule has 0 saturated carbocycles. The monoisotopic (exact) mass is 206 g/mol. The molecule has 1 aromatic carbocycles. The van der Waals surface area contributed by atoms with Gasteiger partial charge in [-0.3, -0.25) is 0 Å². The Hall–Kier alpha value is -0.860. The van der Waals surface area contributed by atoms with Crippen LogP contribution in [-0.4, -0.2) is 31.6 Å². The molecule has 1 aromatic rings. The number of nitrogens with zero attached hydrogens (tertiary/aromatic N) is 1. The molecule has 2 heteroatoms. The van der Waals surface area contributed by atoms with Gasteiger partial charge in [0, 0.05) is 19.1 Å². The van der Waals surface area contributed by atoms with Crippen LogP contribution >= 0.6 is 0 Å². The molecule has 0 heterocycles. The van der Waals surface area contributed by atoms with Gasteiger partial charge in [-0.15, -0.1) is 0 Å². The van der Waals surface area contributed by atoms with Gasteiger partial charge in [0.2, 0.25) is 0 Å². The van der Waals surface area contributed by atoms with Crippen molar-refractivity contribution in [2.45, 2.75) is 26.4 Å². The maximum atomic E-state index is 3.25. The van der Waals surface area contributed by atoms with Gasteiger partial charge in [-0.2, -0.15) is 0 Å². The summed E-state index contributed by atoms with van der Waals surface area (Å²) in [5, 5.41) is 3.25. The molecule has 0 aliphatic rings. The van der Waals surface area contributed by atoms with E-state index < -0.39 is 0 Å². The number of likely N-dealkylation sites (N-methyl/N-ethyl adjacent to an activating group) is 2. The molecule has 1 atom stereocenters. The van der Waals surface area contributed by atoms with Crippen LogP contribution in [0.2, 0.25) is 0 Å². The number of nitrogens with one attached hydrogen (secondary N) is 1. The molecule has 15 heavy (non-hydrogen) atoms. The quantitative estimate of drug-likeness (QED) is 0.793. The van der Waals surface area contributed by atoms with E-state index in [9.17, 15) is 0 Å². The van der Waals surface area contributed by atoms with E-state index in [0.717, 1.165) is 13.1 Å². The summed E-state index contributed by atoms with van der Waals surface area (Å²) in [6.45, 7) is 6.44. The first-order valence-electron chi connectivity index (χ1n) is 5.53. The molecule has 1 unspecified atom stereocenters. The zero-order valence-corrected chi connectivity index (χ0v) is 10.2. The number of benzene rings is 1. The molecular formula is C13H22N2. The molecule has 0 amide bonds. The Kier molecular flexibility index (Phi) is 4.79. The van der Waals surface area contributed by atoms with E-state index >= 15 is 0 Å². The Morgan fingerprint density at radius 2 is 2.13 bits per heavy atom. The fourth-order valence-electron chi connectivity index (χ4n) is 1.75. The highest BCUT2D eigenvalue weighted by molar-refractivity contribution is 5.21. The van der Waals surface area contributed by atoms with Crippen LogP contribution in [0, 0.1) is 6.92 Å². The molecule has 0 fully saturated rings. The standard InChI is InChI=1S/C13H22N2/c1-11-6-5-7-13(8-11)10-15(4)9-12(2)14-3/h5-8,12,14H,9-10H2,1-4H3. The Labute approximate surface area is 93.3 Å². The molecule has 0 aliphatic carbocycles. The second-order valence-corrected chi connectivity index (χ2v) is 4.38. The van der Waals surface area contributed by atoms with Gasteiger partial charge in [-0.1, -0.05) is 29.8 Å². The van der Waals surface area contributed by atoms with Gasteiger partial charge >= 0.3 is 0 Å². The van der Waals surface area contributed by atoms with Crippen molar-refractivity contribution in [2.75, 3.05) is 20.6 Å². The first-order chi connectivity index (χ1) is 7.11. The number of aryl methyl sites for hydroxylation is 1. The minimum absolute atomic E-state index is 0.541. The Balaban J connectivity index is 2.47. The van der Waals surface area contributed by atoms with Crippen molar-refractivity contribution in [2.24, 2.45) is 0 Å². The summed E-state index contributed by atoms with van der Waals surface area (Å²) in [7, 11) is 4.17. The molecule has 0 aromatic heterocycles. The predicted molar refractivity (Wildman–Crippen MR) is 66.0 cm³/mol.